The van der Waals surface area contributed by atoms with E-state index < -0.39 is 9.84 Å². The predicted octanol–water partition coefficient (Wildman–Crippen LogP) is -0.803. The van der Waals surface area contributed by atoms with Crippen LogP contribution in [0.2, 0.25) is 0 Å². The maximum absolute atomic E-state index is 10.9. The third-order valence-corrected chi connectivity index (χ3v) is 3.08. The molecule has 0 aliphatic carbocycles. The lowest BCUT2D eigenvalue weighted by molar-refractivity contribution is 0.151. The summed E-state index contributed by atoms with van der Waals surface area (Å²) in [4.78, 5) is 1.99. The molecule has 0 radical (unpaired) electrons. The van der Waals surface area contributed by atoms with Crippen molar-refractivity contribution >= 4 is 9.84 Å². The fourth-order valence-corrected chi connectivity index (χ4v) is 1.86. The summed E-state index contributed by atoms with van der Waals surface area (Å²) in [7, 11) is 2.56. The van der Waals surface area contributed by atoms with E-state index in [9.17, 15) is 8.42 Å². The quantitative estimate of drug-likeness (QED) is 0.600. The first-order valence-corrected chi connectivity index (χ1v) is 6.97. The summed E-state index contributed by atoms with van der Waals surface area (Å²) in [6, 6.07) is 0.236. The monoisotopic (exact) mass is 238 g/mol. The zero-order valence-electron chi connectivity index (χ0n) is 9.99. The van der Waals surface area contributed by atoms with Gasteiger partial charge in [0.1, 0.15) is 9.84 Å². The van der Waals surface area contributed by atoms with E-state index in [0.717, 1.165) is 6.54 Å². The minimum absolute atomic E-state index is 0.201. The van der Waals surface area contributed by atoms with Gasteiger partial charge in [0.25, 0.3) is 0 Å². The topological polar surface area (TPSA) is 58.6 Å². The maximum atomic E-state index is 10.9. The van der Waals surface area contributed by atoms with Gasteiger partial charge in [0.05, 0.1) is 12.4 Å². The first-order chi connectivity index (χ1) is 6.89. The Balaban J connectivity index is 3.85. The van der Waals surface area contributed by atoms with Crippen molar-refractivity contribution < 1.29 is 13.2 Å². The summed E-state index contributed by atoms with van der Waals surface area (Å²) in [5.41, 5.74) is 0. The minimum atomic E-state index is -2.87. The zero-order chi connectivity index (χ0) is 11.9. The molecule has 0 rings (SSSR count). The summed E-state index contributed by atoms with van der Waals surface area (Å²) in [6.45, 7) is 1.96. The normalized spacial score (nSPS) is 14.5. The number of nitrogens with one attached hydrogen (secondary N) is 1. The highest BCUT2D eigenvalue weighted by atomic mass is 32.2. The molecule has 0 aliphatic heterocycles. The highest BCUT2D eigenvalue weighted by molar-refractivity contribution is 7.90. The highest BCUT2D eigenvalue weighted by Gasteiger charge is 2.11. The Labute approximate surface area is 92.7 Å². The van der Waals surface area contributed by atoms with Crippen LogP contribution in [0.4, 0.5) is 0 Å². The first kappa shape index (κ1) is 14.8. The largest absolute Gasteiger partial charge is 0.383 e. The molecule has 0 aromatic heterocycles. The van der Waals surface area contributed by atoms with Gasteiger partial charge in [0, 0.05) is 32.5 Å². The van der Waals surface area contributed by atoms with Crippen LogP contribution in [-0.4, -0.2) is 72.3 Å². The standard InChI is InChI=1S/C9H22N2O3S/c1-10-9(8-14-3)7-11(2)5-6-15(4,12)13/h9-10H,5-8H2,1-4H3. The van der Waals surface area contributed by atoms with Crippen LogP contribution in [0.15, 0.2) is 0 Å². The number of hydrogen-bond acceptors (Lipinski definition) is 5. The number of sulfone groups is 1. The van der Waals surface area contributed by atoms with Crippen LogP contribution in [0.5, 0.6) is 0 Å². The van der Waals surface area contributed by atoms with Gasteiger partial charge in [0.2, 0.25) is 0 Å². The third kappa shape index (κ3) is 8.80. The molecule has 1 atom stereocenters. The highest BCUT2D eigenvalue weighted by Crippen LogP contribution is 1.92. The van der Waals surface area contributed by atoms with E-state index in [1.165, 1.54) is 6.26 Å². The molecular formula is C9H22N2O3S. The molecular weight excluding hydrogens is 216 g/mol. The summed E-state index contributed by atoms with van der Waals surface area (Å²) in [5.74, 6) is 0.201. The average molecular weight is 238 g/mol. The Morgan fingerprint density at radius 3 is 2.47 bits per heavy atom. The Hall–Kier alpha value is -0.170. The second-order valence-electron chi connectivity index (χ2n) is 3.83. The van der Waals surface area contributed by atoms with Crippen molar-refractivity contribution in [2.24, 2.45) is 0 Å². The van der Waals surface area contributed by atoms with Crippen LogP contribution in [0, 0.1) is 0 Å². The molecule has 0 saturated carbocycles. The molecule has 0 aliphatic rings. The summed E-state index contributed by atoms with van der Waals surface area (Å²) in [6.07, 6.45) is 1.26. The molecule has 1 N–H and O–H groups in total. The Morgan fingerprint density at radius 1 is 1.47 bits per heavy atom. The van der Waals surface area contributed by atoms with Gasteiger partial charge in [-0.25, -0.2) is 8.42 Å². The second kappa shape index (κ2) is 7.16. The van der Waals surface area contributed by atoms with E-state index in [-0.39, 0.29) is 11.8 Å². The number of hydrogen-bond donors (Lipinski definition) is 1. The molecule has 92 valence electrons. The molecule has 0 amide bonds. The second-order valence-corrected chi connectivity index (χ2v) is 6.09. The van der Waals surface area contributed by atoms with E-state index in [2.05, 4.69) is 5.32 Å². The molecule has 0 aromatic rings. The van der Waals surface area contributed by atoms with Crippen LogP contribution >= 0.6 is 0 Å². The number of ether oxygens (including phenoxy) is 1. The number of rotatable bonds is 8. The zero-order valence-corrected chi connectivity index (χ0v) is 10.8. The fourth-order valence-electron chi connectivity index (χ4n) is 1.22. The van der Waals surface area contributed by atoms with Crippen LogP contribution in [0.1, 0.15) is 0 Å². The Morgan fingerprint density at radius 2 is 2.07 bits per heavy atom. The summed E-state index contributed by atoms with van der Waals surface area (Å²) in [5, 5.41) is 3.11. The molecule has 0 spiro atoms. The van der Waals surface area contributed by atoms with Gasteiger partial charge in [0.15, 0.2) is 0 Å². The molecule has 0 bridgehead atoms. The maximum Gasteiger partial charge on any atom is 0.148 e. The molecule has 0 saturated heterocycles. The van der Waals surface area contributed by atoms with E-state index in [4.69, 9.17) is 4.74 Å². The van der Waals surface area contributed by atoms with E-state index in [0.29, 0.717) is 13.2 Å². The lowest BCUT2D eigenvalue weighted by Gasteiger charge is -2.22. The Bertz CT molecular complexity index is 254. The van der Waals surface area contributed by atoms with Gasteiger partial charge in [-0.15, -0.1) is 0 Å². The first-order valence-electron chi connectivity index (χ1n) is 4.91. The van der Waals surface area contributed by atoms with Crippen molar-refractivity contribution in [1.29, 1.82) is 0 Å². The van der Waals surface area contributed by atoms with Gasteiger partial charge < -0.3 is 15.0 Å². The third-order valence-electron chi connectivity index (χ3n) is 2.15. The van der Waals surface area contributed by atoms with Crippen LogP contribution in [0.25, 0.3) is 0 Å². The van der Waals surface area contributed by atoms with Crippen molar-refractivity contribution in [2.45, 2.75) is 6.04 Å². The Kier molecular flexibility index (Phi) is 7.08. The molecule has 6 heteroatoms. The van der Waals surface area contributed by atoms with Crippen molar-refractivity contribution in [3.8, 4) is 0 Å². The van der Waals surface area contributed by atoms with Crippen LogP contribution < -0.4 is 5.32 Å². The summed E-state index contributed by atoms with van der Waals surface area (Å²) >= 11 is 0. The molecule has 0 fully saturated rings. The lowest BCUT2D eigenvalue weighted by Crippen LogP contribution is -2.42. The summed E-state index contributed by atoms with van der Waals surface area (Å²) < 4.78 is 26.9. The lowest BCUT2D eigenvalue weighted by atomic mass is 10.3. The fraction of sp³-hybridized carbons (Fsp3) is 1.00. The molecule has 1 unspecified atom stereocenters. The molecule has 5 nitrogen and oxygen atoms in total. The number of likely N-dealkylation sites (N-methyl/N-ethyl adjacent to an activating group) is 2. The average Bonchev–Trinajstić information content (AvgIpc) is 2.13. The van der Waals surface area contributed by atoms with Crippen molar-refractivity contribution in [1.82, 2.24) is 10.2 Å². The van der Waals surface area contributed by atoms with E-state index >= 15 is 0 Å². The molecule has 0 aromatic carbocycles. The van der Waals surface area contributed by atoms with Gasteiger partial charge in [-0.1, -0.05) is 0 Å². The van der Waals surface area contributed by atoms with Crippen LogP contribution in [-0.2, 0) is 14.6 Å². The number of methoxy groups -OCH3 is 1. The van der Waals surface area contributed by atoms with Crippen LogP contribution in [0.3, 0.4) is 0 Å². The molecule has 15 heavy (non-hydrogen) atoms. The predicted molar refractivity (Wildman–Crippen MR) is 61.9 cm³/mol. The SMILES string of the molecule is CNC(COC)CN(C)CCS(C)(=O)=O. The smallest absolute Gasteiger partial charge is 0.148 e. The van der Waals surface area contributed by atoms with Gasteiger partial charge >= 0.3 is 0 Å². The van der Waals surface area contributed by atoms with Gasteiger partial charge in [-0.3, -0.25) is 0 Å². The van der Waals surface area contributed by atoms with Gasteiger partial charge in [-0.2, -0.15) is 0 Å². The van der Waals surface area contributed by atoms with E-state index in [1.807, 2.05) is 19.0 Å². The van der Waals surface area contributed by atoms with E-state index in [1.54, 1.807) is 7.11 Å². The van der Waals surface area contributed by atoms with Gasteiger partial charge in [-0.05, 0) is 14.1 Å². The number of nitrogens with zero attached hydrogens (tertiary/aromatic N) is 1. The minimum Gasteiger partial charge on any atom is -0.383 e. The molecule has 0 heterocycles. The van der Waals surface area contributed by atoms with Crippen molar-refractivity contribution in [3.63, 3.8) is 0 Å². The van der Waals surface area contributed by atoms with Crippen molar-refractivity contribution in [3.05, 3.63) is 0 Å². The van der Waals surface area contributed by atoms with Crippen molar-refractivity contribution in [2.75, 3.05) is 52.9 Å².